The third kappa shape index (κ3) is 4.42. The normalized spacial score (nSPS) is 22.7. The average Bonchev–Trinajstić information content (AvgIpc) is 2.58. The molecule has 16 heavy (non-hydrogen) atoms. The summed E-state index contributed by atoms with van der Waals surface area (Å²) in [6.45, 7) is 10.7. The molecule has 96 valence electrons. The van der Waals surface area contributed by atoms with Crippen LogP contribution in [-0.4, -0.2) is 36.6 Å². The van der Waals surface area contributed by atoms with Gasteiger partial charge >= 0.3 is 0 Å². The maximum atomic E-state index is 3.69. The summed E-state index contributed by atoms with van der Waals surface area (Å²) >= 11 is 0. The van der Waals surface area contributed by atoms with Crippen molar-refractivity contribution in [1.29, 1.82) is 0 Å². The molecule has 0 spiro atoms. The molecule has 1 N–H and O–H groups in total. The van der Waals surface area contributed by atoms with E-state index < -0.39 is 0 Å². The Bertz CT molecular complexity index is 162. The zero-order valence-electron chi connectivity index (χ0n) is 11.5. The molecule has 1 rings (SSSR count). The molecule has 1 aliphatic heterocycles. The number of likely N-dealkylation sites (tertiary alicyclic amines) is 1. The number of hydrogen-bond acceptors (Lipinski definition) is 2. The van der Waals surface area contributed by atoms with Crippen molar-refractivity contribution in [2.24, 2.45) is 0 Å². The number of rotatable bonds is 6. The van der Waals surface area contributed by atoms with Gasteiger partial charge < -0.3 is 5.32 Å². The molecule has 0 aliphatic carbocycles. The molecule has 2 heteroatoms. The predicted octanol–water partition coefficient (Wildman–Crippen LogP) is 3.03. The van der Waals surface area contributed by atoms with E-state index in [2.05, 4.69) is 31.0 Å². The number of nitrogens with one attached hydrogen (secondary N) is 1. The fourth-order valence-electron chi connectivity index (χ4n) is 2.74. The van der Waals surface area contributed by atoms with Crippen molar-refractivity contribution < 1.29 is 0 Å². The maximum Gasteiger partial charge on any atom is 0.0220 e. The fraction of sp³-hybridized carbons (Fsp3) is 1.00. The molecular formula is C14H30N2. The standard InChI is InChI=1S/C14H30N2/c1-4-10-15-14(5-2)13(3)16-11-8-6-7-9-12-16/h13-15H,4-12H2,1-3H3. The van der Waals surface area contributed by atoms with Crippen LogP contribution in [0.5, 0.6) is 0 Å². The van der Waals surface area contributed by atoms with Crippen molar-refractivity contribution in [2.75, 3.05) is 19.6 Å². The zero-order valence-corrected chi connectivity index (χ0v) is 11.5. The van der Waals surface area contributed by atoms with Gasteiger partial charge in [-0.2, -0.15) is 0 Å². The molecular weight excluding hydrogens is 196 g/mol. The van der Waals surface area contributed by atoms with Crippen molar-refractivity contribution in [3.63, 3.8) is 0 Å². The SMILES string of the molecule is CCCNC(CC)C(C)N1CCCCCC1. The van der Waals surface area contributed by atoms with E-state index in [1.54, 1.807) is 0 Å². The number of nitrogens with zero attached hydrogens (tertiary/aromatic N) is 1. The van der Waals surface area contributed by atoms with Crippen LogP contribution >= 0.6 is 0 Å². The summed E-state index contributed by atoms with van der Waals surface area (Å²) in [5.74, 6) is 0. The summed E-state index contributed by atoms with van der Waals surface area (Å²) in [5, 5.41) is 3.69. The van der Waals surface area contributed by atoms with Crippen LogP contribution in [0.15, 0.2) is 0 Å². The highest BCUT2D eigenvalue weighted by Gasteiger charge is 2.22. The summed E-state index contributed by atoms with van der Waals surface area (Å²) in [5.41, 5.74) is 0. The van der Waals surface area contributed by atoms with Crippen molar-refractivity contribution in [1.82, 2.24) is 10.2 Å². The second kappa shape index (κ2) is 8.08. The summed E-state index contributed by atoms with van der Waals surface area (Å²) < 4.78 is 0. The Labute approximate surface area is 102 Å². The lowest BCUT2D eigenvalue weighted by atomic mass is 10.1. The molecule has 1 saturated heterocycles. The Kier molecular flexibility index (Phi) is 7.06. The van der Waals surface area contributed by atoms with Crippen molar-refractivity contribution in [3.05, 3.63) is 0 Å². The Morgan fingerprint density at radius 3 is 2.19 bits per heavy atom. The van der Waals surface area contributed by atoms with E-state index in [0.717, 1.165) is 6.54 Å². The topological polar surface area (TPSA) is 15.3 Å². The molecule has 0 saturated carbocycles. The van der Waals surface area contributed by atoms with Gasteiger partial charge in [0.05, 0.1) is 0 Å². The van der Waals surface area contributed by atoms with E-state index in [1.807, 2.05) is 0 Å². The minimum atomic E-state index is 0.679. The molecule has 0 radical (unpaired) electrons. The molecule has 2 atom stereocenters. The average molecular weight is 226 g/mol. The van der Waals surface area contributed by atoms with E-state index in [1.165, 1.54) is 51.6 Å². The maximum absolute atomic E-state index is 3.69. The van der Waals surface area contributed by atoms with Gasteiger partial charge in [-0.05, 0) is 52.2 Å². The summed E-state index contributed by atoms with van der Waals surface area (Å²) in [7, 11) is 0. The third-order valence-electron chi connectivity index (χ3n) is 3.90. The van der Waals surface area contributed by atoms with E-state index in [4.69, 9.17) is 0 Å². The van der Waals surface area contributed by atoms with Crippen molar-refractivity contribution >= 4 is 0 Å². The van der Waals surface area contributed by atoms with E-state index in [-0.39, 0.29) is 0 Å². The van der Waals surface area contributed by atoms with Gasteiger partial charge in [-0.25, -0.2) is 0 Å². The van der Waals surface area contributed by atoms with Crippen LogP contribution in [0, 0.1) is 0 Å². The van der Waals surface area contributed by atoms with Crippen LogP contribution in [0.2, 0.25) is 0 Å². The first-order chi connectivity index (χ1) is 7.79. The van der Waals surface area contributed by atoms with Gasteiger partial charge in [0.2, 0.25) is 0 Å². The van der Waals surface area contributed by atoms with Crippen LogP contribution in [0.25, 0.3) is 0 Å². The first-order valence-electron chi connectivity index (χ1n) is 7.27. The lowest BCUT2D eigenvalue weighted by Gasteiger charge is -2.34. The second-order valence-corrected chi connectivity index (χ2v) is 5.16. The molecule has 1 heterocycles. The van der Waals surface area contributed by atoms with Gasteiger partial charge in [0, 0.05) is 12.1 Å². The first kappa shape index (κ1) is 14.0. The van der Waals surface area contributed by atoms with E-state index >= 15 is 0 Å². The van der Waals surface area contributed by atoms with Crippen LogP contribution in [0.4, 0.5) is 0 Å². The van der Waals surface area contributed by atoms with Crippen molar-refractivity contribution in [3.8, 4) is 0 Å². The van der Waals surface area contributed by atoms with Gasteiger partial charge in [0.1, 0.15) is 0 Å². The summed E-state index contributed by atoms with van der Waals surface area (Å²) in [6, 6.07) is 1.38. The van der Waals surface area contributed by atoms with Crippen LogP contribution in [0.1, 0.15) is 59.3 Å². The van der Waals surface area contributed by atoms with Gasteiger partial charge in [-0.15, -0.1) is 0 Å². The first-order valence-corrected chi connectivity index (χ1v) is 7.27. The largest absolute Gasteiger partial charge is 0.312 e. The van der Waals surface area contributed by atoms with Crippen molar-refractivity contribution in [2.45, 2.75) is 71.4 Å². The van der Waals surface area contributed by atoms with Crippen LogP contribution in [-0.2, 0) is 0 Å². The Morgan fingerprint density at radius 2 is 1.69 bits per heavy atom. The Morgan fingerprint density at radius 1 is 1.06 bits per heavy atom. The highest BCUT2D eigenvalue weighted by Crippen LogP contribution is 2.15. The molecule has 0 aromatic carbocycles. The minimum Gasteiger partial charge on any atom is -0.312 e. The molecule has 0 amide bonds. The predicted molar refractivity (Wildman–Crippen MR) is 71.9 cm³/mol. The summed E-state index contributed by atoms with van der Waals surface area (Å²) in [6.07, 6.45) is 8.15. The minimum absolute atomic E-state index is 0.679. The second-order valence-electron chi connectivity index (χ2n) is 5.16. The third-order valence-corrected chi connectivity index (χ3v) is 3.90. The lowest BCUT2D eigenvalue weighted by Crippen LogP contribution is -2.48. The lowest BCUT2D eigenvalue weighted by molar-refractivity contribution is 0.172. The molecule has 0 bridgehead atoms. The van der Waals surface area contributed by atoms with Gasteiger partial charge in [0.15, 0.2) is 0 Å². The highest BCUT2D eigenvalue weighted by molar-refractivity contribution is 4.81. The monoisotopic (exact) mass is 226 g/mol. The summed E-state index contributed by atoms with van der Waals surface area (Å²) in [4.78, 5) is 2.70. The van der Waals surface area contributed by atoms with Crippen LogP contribution < -0.4 is 5.32 Å². The van der Waals surface area contributed by atoms with Gasteiger partial charge in [-0.1, -0.05) is 26.7 Å². The van der Waals surface area contributed by atoms with E-state index in [0.29, 0.717) is 12.1 Å². The Balaban J connectivity index is 2.41. The van der Waals surface area contributed by atoms with Gasteiger partial charge in [-0.3, -0.25) is 4.90 Å². The Hall–Kier alpha value is -0.0800. The molecule has 0 aromatic heterocycles. The quantitative estimate of drug-likeness (QED) is 0.749. The molecule has 2 unspecified atom stereocenters. The highest BCUT2D eigenvalue weighted by atomic mass is 15.2. The number of hydrogen-bond donors (Lipinski definition) is 1. The molecule has 2 nitrogen and oxygen atoms in total. The fourth-order valence-corrected chi connectivity index (χ4v) is 2.74. The molecule has 0 aromatic rings. The molecule has 1 fully saturated rings. The van der Waals surface area contributed by atoms with E-state index in [9.17, 15) is 0 Å². The smallest absolute Gasteiger partial charge is 0.0220 e. The zero-order chi connectivity index (χ0) is 11.8. The van der Waals surface area contributed by atoms with Crippen LogP contribution in [0.3, 0.4) is 0 Å². The van der Waals surface area contributed by atoms with Gasteiger partial charge in [0.25, 0.3) is 0 Å². The molecule has 1 aliphatic rings.